The number of nitrogens with zero attached hydrogens (tertiary/aromatic N) is 1. The Bertz CT molecular complexity index is 374. The molecule has 2 rings (SSSR count). The van der Waals surface area contributed by atoms with Crippen molar-refractivity contribution >= 4 is 17.9 Å². The summed E-state index contributed by atoms with van der Waals surface area (Å²) in [6, 6.07) is -0.384. The molecule has 0 aromatic heterocycles. The fraction of sp³-hybridized carbons (Fsp3) is 0.750. The largest absolute Gasteiger partial charge is 0.469 e. The smallest absolute Gasteiger partial charge is 0.325 e. The zero-order valence-corrected chi connectivity index (χ0v) is 10.5. The lowest BCUT2D eigenvalue weighted by molar-refractivity contribution is -0.141. The second kappa shape index (κ2) is 4.96. The number of hydrogen-bond acceptors (Lipinski definition) is 4. The van der Waals surface area contributed by atoms with Crippen LogP contribution in [0.15, 0.2) is 0 Å². The quantitative estimate of drug-likeness (QED) is 0.597. The molecule has 0 atom stereocenters. The summed E-state index contributed by atoms with van der Waals surface area (Å²) < 4.78 is 4.51. The average molecular weight is 254 g/mol. The highest BCUT2D eigenvalue weighted by molar-refractivity contribution is 6.07. The van der Waals surface area contributed by atoms with E-state index in [1.54, 1.807) is 0 Å². The minimum Gasteiger partial charge on any atom is -0.469 e. The number of esters is 1. The molecule has 2 aliphatic rings. The molecule has 0 aromatic carbocycles. The van der Waals surface area contributed by atoms with Crippen molar-refractivity contribution in [1.29, 1.82) is 0 Å². The van der Waals surface area contributed by atoms with Gasteiger partial charge in [0, 0.05) is 6.54 Å². The Hall–Kier alpha value is -1.59. The molecule has 3 amide bonds. The Morgan fingerprint density at radius 1 is 1.33 bits per heavy atom. The number of amides is 3. The molecule has 100 valence electrons. The summed E-state index contributed by atoms with van der Waals surface area (Å²) in [6.07, 6.45) is 4.46. The van der Waals surface area contributed by atoms with E-state index < -0.39 is 11.5 Å². The normalized spacial score (nSPS) is 22.2. The van der Waals surface area contributed by atoms with E-state index >= 15 is 0 Å². The van der Waals surface area contributed by atoms with Crippen molar-refractivity contribution in [2.24, 2.45) is 0 Å². The number of hydrogen-bond donors (Lipinski definition) is 1. The fourth-order valence-electron chi connectivity index (χ4n) is 2.68. The van der Waals surface area contributed by atoms with Gasteiger partial charge in [-0.05, 0) is 12.8 Å². The van der Waals surface area contributed by atoms with Gasteiger partial charge in [0.15, 0.2) is 0 Å². The van der Waals surface area contributed by atoms with Gasteiger partial charge >= 0.3 is 12.0 Å². The number of rotatable bonds is 3. The first-order chi connectivity index (χ1) is 8.59. The van der Waals surface area contributed by atoms with Crippen molar-refractivity contribution in [3.05, 3.63) is 0 Å². The van der Waals surface area contributed by atoms with Crippen LogP contribution in [0.1, 0.15) is 38.5 Å². The van der Waals surface area contributed by atoms with E-state index in [1.165, 1.54) is 7.11 Å². The molecule has 6 nitrogen and oxygen atoms in total. The van der Waals surface area contributed by atoms with Crippen molar-refractivity contribution in [2.45, 2.75) is 44.1 Å². The van der Waals surface area contributed by atoms with Crippen LogP contribution in [-0.4, -0.2) is 42.0 Å². The highest BCUT2D eigenvalue weighted by atomic mass is 16.5. The Morgan fingerprint density at radius 3 is 2.61 bits per heavy atom. The van der Waals surface area contributed by atoms with Gasteiger partial charge in [-0.15, -0.1) is 0 Å². The maximum atomic E-state index is 12.3. The summed E-state index contributed by atoms with van der Waals surface area (Å²) in [6.45, 7) is 0.0963. The molecular weight excluding hydrogens is 236 g/mol. The number of nitrogens with one attached hydrogen (secondary N) is 1. The highest BCUT2D eigenvalue weighted by Gasteiger charge is 2.50. The molecule has 0 aromatic rings. The maximum Gasteiger partial charge on any atom is 0.325 e. The minimum absolute atomic E-state index is 0.0474. The highest BCUT2D eigenvalue weighted by Crippen LogP contribution is 2.33. The van der Waals surface area contributed by atoms with Crippen LogP contribution >= 0.6 is 0 Å². The van der Waals surface area contributed by atoms with Gasteiger partial charge in [0.1, 0.15) is 5.54 Å². The summed E-state index contributed by atoms with van der Waals surface area (Å²) in [5.74, 6) is -0.601. The van der Waals surface area contributed by atoms with Crippen LogP contribution in [0.25, 0.3) is 0 Å². The second-order valence-corrected chi connectivity index (χ2v) is 4.86. The first-order valence-corrected chi connectivity index (χ1v) is 6.30. The Balaban J connectivity index is 2.02. The van der Waals surface area contributed by atoms with Gasteiger partial charge in [0.2, 0.25) is 0 Å². The summed E-state index contributed by atoms with van der Waals surface area (Å²) >= 11 is 0. The fourth-order valence-corrected chi connectivity index (χ4v) is 2.68. The number of carbonyl (C=O) groups is 3. The molecule has 1 saturated carbocycles. The van der Waals surface area contributed by atoms with Gasteiger partial charge in [-0.25, -0.2) is 4.79 Å². The van der Waals surface area contributed by atoms with Gasteiger partial charge in [-0.1, -0.05) is 19.3 Å². The van der Waals surface area contributed by atoms with Crippen LogP contribution in [0.3, 0.4) is 0 Å². The van der Waals surface area contributed by atoms with E-state index in [9.17, 15) is 14.4 Å². The standard InChI is InChI=1S/C12H18N2O4/c1-18-9(15)5-8-14-10(16)12(13-11(14)17)6-3-2-4-7-12/h2-8H2,1H3,(H,13,17). The Labute approximate surface area is 106 Å². The molecule has 6 heteroatoms. The molecule has 1 aliphatic heterocycles. The first kappa shape index (κ1) is 12.9. The SMILES string of the molecule is COC(=O)CCN1C(=O)NC2(CCCCC2)C1=O. The minimum atomic E-state index is -0.703. The predicted molar refractivity (Wildman–Crippen MR) is 62.7 cm³/mol. The molecule has 18 heavy (non-hydrogen) atoms. The first-order valence-electron chi connectivity index (χ1n) is 6.30. The molecule has 1 heterocycles. The monoisotopic (exact) mass is 254 g/mol. The van der Waals surface area contributed by atoms with Gasteiger partial charge in [-0.3, -0.25) is 14.5 Å². The summed E-state index contributed by atoms with van der Waals surface area (Å²) in [7, 11) is 1.29. The van der Waals surface area contributed by atoms with E-state index in [2.05, 4.69) is 10.1 Å². The molecule has 0 radical (unpaired) electrons. The molecule has 1 spiro atoms. The van der Waals surface area contributed by atoms with Crippen molar-refractivity contribution < 1.29 is 19.1 Å². The third-order valence-corrected chi connectivity index (χ3v) is 3.72. The van der Waals surface area contributed by atoms with Crippen LogP contribution in [0, 0.1) is 0 Å². The van der Waals surface area contributed by atoms with Crippen LogP contribution in [0.2, 0.25) is 0 Å². The summed E-state index contributed by atoms with van der Waals surface area (Å²) in [4.78, 5) is 36.3. The predicted octanol–water partition coefficient (Wildman–Crippen LogP) is 0.804. The van der Waals surface area contributed by atoms with E-state index in [4.69, 9.17) is 0 Å². The van der Waals surface area contributed by atoms with Gasteiger partial charge in [0.05, 0.1) is 13.5 Å². The van der Waals surface area contributed by atoms with Crippen LogP contribution in [0.4, 0.5) is 4.79 Å². The number of imide groups is 1. The average Bonchev–Trinajstić information content (AvgIpc) is 2.60. The zero-order valence-electron chi connectivity index (χ0n) is 10.5. The van der Waals surface area contributed by atoms with Crippen LogP contribution in [-0.2, 0) is 14.3 Å². The second-order valence-electron chi connectivity index (χ2n) is 4.86. The lowest BCUT2D eigenvalue weighted by Gasteiger charge is -2.30. The number of carbonyl (C=O) groups excluding carboxylic acids is 3. The zero-order chi connectivity index (χ0) is 13.2. The van der Waals surface area contributed by atoms with Gasteiger partial charge < -0.3 is 10.1 Å². The lowest BCUT2D eigenvalue weighted by Crippen LogP contribution is -2.48. The number of urea groups is 1. The third-order valence-electron chi connectivity index (χ3n) is 3.72. The van der Waals surface area contributed by atoms with Crippen molar-refractivity contribution in [3.8, 4) is 0 Å². The van der Waals surface area contributed by atoms with Crippen LogP contribution in [0.5, 0.6) is 0 Å². The van der Waals surface area contributed by atoms with Crippen molar-refractivity contribution in [1.82, 2.24) is 10.2 Å². The van der Waals surface area contributed by atoms with Crippen molar-refractivity contribution in [3.63, 3.8) is 0 Å². The molecule has 0 bridgehead atoms. The number of methoxy groups -OCH3 is 1. The van der Waals surface area contributed by atoms with Crippen molar-refractivity contribution in [2.75, 3.05) is 13.7 Å². The Morgan fingerprint density at radius 2 is 2.00 bits per heavy atom. The Kier molecular flexibility index (Phi) is 3.54. The number of ether oxygens (including phenoxy) is 1. The van der Waals surface area contributed by atoms with Gasteiger partial charge in [-0.2, -0.15) is 0 Å². The summed E-state index contributed by atoms with van der Waals surface area (Å²) in [5, 5.41) is 2.80. The van der Waals surface area contributed by atoms with Gasteiger partial charge in [0.25, 0.3) is 5.91 Å². The summed E-state index contributed by atoms with van der Waals surface area (Å²) in [5.41, 5.74) is -0.703. The maximum absolute atomic E-state index is 12.3. The molecule has 1 N–H and O–H groups in total. The van der Waals surface area contributed by atoms with E-state index in [-0.39, 0.29) is 24.9 Å². The molecule has 2 fully saturated rings. The molecular formula is C12H18N2O4. The van der Waals surface area contributed by atoms with E-state index in [0.717, 1.165) is 24.2 Å². The van der Waals surface area contributed by atoms with E-state index in [1.807, 2.05) is 0 Å². The van der Waals surface area contributed by atoms with Crippen LogP contribution < -0.4 is 5.32 Å². The third kappa shape index (κ3) is 2.19. The molecule has 0 unspecified atom stereocenters. The van der Waals surface area contributed by atoms with E-state index in [0.29, 0.717) is 12.8 Å². The molecule has 1 aliphatic carbocycles. The topological polar surface area (TPSA) is 75.7 Å². The lowest BCUT2D eigenvalue weighted by atomic mass is 9.82. The molecule has 1 saturated heterocycles.